The molecule has 1 aromatic heterocycles. The molecule has 4 N–H and O–H groups in total. The molecule has 2 fully saturated rings. The SMILES string of the molecule is Nc1nc(N2C[C@H](N)[C@@H](C(F)(F)F)C2)c2c(n1)C1(CCCC1)CCC2. The summed E-state index contributed by atoms with van der Waals surface area (Å²) in [4.78, 5) is 10.6. The quantitative estimate of drug-likeness (QED) is 0.809. The molecule has 2 atom stereocenters. The molecular formula is C17H24F3N5. The Kier molecular flexibility index (Phi) is 3.86. The maximum atomic E-state index is 13.2. The van der Waals surface area contributed by atoms with Crippen LogP contribution in [0.5, 0.6) is 0 Å². The highest BCUT2D eigenvalue weighted by Gasteiger charge is 2.50. The van der Waals surface area contributed by atoms with Gasteiger partial charge in [-0.05, 0) is 32.1 Å². The van der Waals surface area contributed by atoms with Crippen molar-refractivity contribution in [3.8, 4) is 0 Å². The maximum Gasteiger partial charge on any atom is 0.395 e. The van der Waals surface area contributed by atoms with Gasteiger partial charge in [0.25, 0.3) is 0 Å². The van der Waals surface area contributed by atoms with Gasteiger partial charge in [0.2, 0.25) is 5.95 Å². The molecule has 0 amide bonds. The first-order valence-corrected chi connectivity index (χ1v) is 9.04. The molecule has 3 aliphatic rings. The van der Waals surface area contributed by atoms with Crippen LogP contribution in [-0.2, 0) is 11.8 Å². The van der Waals surface area contributed by atoms with Gasteiger partial charge in [0.1, 0.15) is 5.82 Å². The summed E-state index contributed by atoms with van der Waals surface area (Å²) < 4.78 is 39.6. The molecule has 1 saturated heterocycles. The summed E-state index contributed by atoms with van der Waals surface area (Å²) in [7, 11) is 0. The van der Waals surface area contributed by atoms with Crippen molar-refractivity contribution in [3.05, 3.63) is 11.3 Å². The predicted molar refractivity (Wildman–Crippen MR) is 89.3 cm³/mol. The van der Waals surface area contributed by atoms with E-state index in [0.717, 1.165) is 43.4 Å². The zero-order chi connectivity index (χ0) is 17.8. The van der Waals surface area contributed by atoms with Gasteiger partial charge in [0.15, 0.2) is 0 Å². The van der Waals surface area contributed by atoms with Crippen LogP contribution in [0.25, 0.3) is 0 Å². The largest absolute Gasteiger partial charge is 0.395 e. The number of aromatic nitrogens is 2. The number of anilines is 2. The Morgan fingerprint density at radius 1 is 1.04 bits per heavy atom. The first-order valence-electron chi connectivity index (χ1n) is 9.04. The highest BCUT2D eigenvalue weighted by atomic mass is 19.4. The third kappa shape index (κ3) is 2.74. The Labute approximate surface area is 145 Å². The number of nitrogens with zero attached hydrogens (tertiary/aromatic N) is 3. The van der Waals surface area contributed by atoms with E-state index in [1.165, 1.54) is 12.8 Å². The van der Waals surface area contributed by atoms with Crippen LogP contribution in [0.3, 0.4) is 0 Å². The van der Waals surface area contributed by atoms with Gasteiger partial charge in [-0.2, -0.15) is 18.2 Å². The molecule has 25 heavy (non-hydrogen) atoms. The van der Waals surface area contributed by atoms with Crippen LogP contribution < -0.4 is 16.4 Å². The van der Waals surface area contributed by atoms with Gasteiger partial charge in [0.05, 0.1) is 11.6 Å². The second kappa shape index (κ2) is 5.72. The molecule has 1 aliphatic heterocycles. The number of nitrogen functional groups attached to an aromatic ring is 1. The monoisotopic (exact) mass is 355 g/mol. The molecular weight excluding hydrogens is 331 g/mol. The number of nitrogens with two attached hydrogens (primary N) is 2. The molecule has 2 aliphatic carbocycles. The lowest BCUT2D eigenvalue weighted by Crippen LogP contribution is -2.38. The first-order chi connectivity index (χ1) is 11.8. The van der Waals surface area contributed by atoms with Crippen LogP contribution in [0, 0.1) is 5.92 Å². The Bertz CT molecular complexity index is 669. The Hall–Kier alpha value is -1.57. The fourth-order valence-electron chi connectivity index (χ4n) is 5.03. The molecule has 2 heterocycles. The summed E-state index contributed by atoms with van der Waals surface area (Å²) in [5.74, 6) is -0.787. The topological polar surface area (TPSA) is 81.1 Å². The minimum atomic E-state index is -4.29. The predicted octanol–water partition coefficient (Wildman–Crippen LogP) is 2.53. The van der Waals surface area contributed by atoms with Gasteiger partial charge in [0, 0.05) is 30.1 Å². The fraction of sp³-hybridized carbons (Fsp3) is 0.765. The summed E-state index contributed by atoms with van der Waals surface area (Å²) in [6.07, 6.45) is 3.12. The average molecular weight is 355 g/mol. The average Bonchev–Trinajstić information content (AvgIpc) is 3.15. The van der Waals surface area contributed by atoms with E-state index in [9.17, 15) is 13.2 Å². The zero-order valence-electron chi connectivity index (χ0n) is 14.1. The minimum Gasteiger partial charge on any atom is -0.368 e. The van der Waals surface area contributed by atoms with E-state index in [4.69, 9.17) is 11.5 Å². The van der Waals surface area contributed by atoms with E-state index in [1.807, 2.05) is 0 Å². The van der Waals surface area contributed by atoms with E-state index < -0.39 is 18.1 Å². The first kappa shape index (κ1) is 16.9. The van der Waals surface area contributed by atoms with Gasteiger partial charge in [-0.3, -0.25) is 0 Å². The number of fused-ring (bicyclic) bond motifs is 2. The molecule has 0 unspecified atom stereocenters. The van der Waals surface area contributed by atoms with Gasteiger partial charge >= 0.3 is 6.18 Å². The van der Waals surface area contributed by atoms with Gasteiger partial charge < -0.3 is 16.4 Å². The van der Waals surface area contributed by atoms with Crippen molar-refractivity contribution in [2.45, 2.75) is 62.6 Å². The number of halogens is 3. The normalized spacial score (nSPS) is 28.6. The smallest absolute Gasteiger partial charge is 0.368 e. The maximum absolute atomic E-state index is 13.2. The third-order valence-corrected chi connectivity index (χ3v) is 6.23. The number of hydrogen-bond acceptors (Lipinski definition) is 5. The Balaban J connectivity index is 1.73. The number of rotatable bonds is 1. The number of alkyl halides is 3. The van der Waals surface area contributed by atoms with Crippen LogP contribution in [0.1, 0.15) is 49.8 Å². The lowest BCUT2D eigenvalue weighted by Gasteiger charge is -2.36. The fourth-order valence-corrected chi connectivity index (χ4v) is 5.03. The van der Waals surface area contributed by atoms with Crippen LogP contribution >= 0.6 is 0 Å². The van der Waals surface area contributed by atoms with Crippen molar-refractivity contribution in [2.24, 2.45) is 11.7 Å². The molecule has 0 aromatic carbocycles. The minimum absolute atomic E-state index is 0.0463. The van der Waals surface area contributed by atoms with E-state index in [2.05, 4.69) is 9.97 Å². The van der Waals surface area contributed by atoms with Crippen LogP contribution in [0.15, 0.2) is 0 Å². The second-order valence-corrected chi connectivity index (χ2v) is 7.79. The zero-order valence-corrected chi connectivity index (χ0v) is 14.1. The van der Waals surface area contributed by atoms with Crippen molar-refractivity contribution >= 4 is 11.8 Å². The molecule has 8 heteroatoms. The highest BCUT2D eigenvalue weighted by Crippen LogP contribution is 2.50. The van der Waals surface area contributed by atoms with E-state index in [-0.39, 0.29) is 24.5 Å². The Morgan fingerprint density at radius 3 is 2.36 bits per heavy atom. The molecule has 1 aromatic rings. The molecule has 5 nitrogen and oxygen atoms in total. The lowest BCUT2D eigenvalue weighted by molar-refractivity contribution is -0.171. The van der Waals surface area contributed by atoms with Crippen LogP contribution in [0.4, 0.5) is 24.9 Å². The molecule has 0 radical (unpaired) electrons. The molecule has 0 bridgehead atoms. The van der Waals surface area contributed by atoms with E-state index in [0.29, 0.717) is 5.82 Å². The van der Waals surface area contributed by atoms with Crippen LogP contribution in [-0.4, -0.2) is 35.3 Å². The van der Waals surface area contributed by atoms with Gasteiger partial charge in [-0.25, -0.2) is 4.98 Å². The van der Waals surface area contributed by atoms with Crippen molar-refractivity contribution in [2.75, 3.05) is 23.7 Å². The lowest BCUT2D eigenvalue weighted by atomic mass is 9.71. The third-order valence-electron chi connectivity index (χ3n) is 6.23. The second-order valence-electron chi connectivity index (χ2n) is 7.79. The van der Waals surface area contributed by atoms with Crippen molar-refractivity contribution < 1.29 is 13.2 Å². The highest BCUT2D eigenvalue weighted by molar-refractivity contribution is 5.56. The van der Waals surface area contributed by atoms with Gasteiger partial charge in [-0.15, -0.1) is 0 Å². The Morgan fingerprint density at radius 2 is 1.72 bits per heavy atom. The number of hydrogen-bond donors (Lipinski definition) is 2. The van der Waals surface area contributed by atoms with E-state index >= 15 is 0 Å². The summed E-state index contributed by atoms with van der Waals surface area (Å²) in [5, 5.41) is 0. The summed E-state index contributed by atoms with van der Waals surface area (Å²) in [5.41, 5.74) is 13.8. The summed E-state index contributed by atoms with van der Waals surface area (Å²) in [6.45, 7) is 0.000625. The summed E-state index contributed by atoms with van der Waals surface area (Å²) >= 11 is 0. The van der Waals surface area contributed by atoms with E-state index in [1.54, 1.807) is 4.90 Å². The molecule has 138 valence electrons. The molecule has 1 saturated carbocycles. The summed E-state index contributed by atoms with van der Waals surface area (Å²) in [6, 6.07) is -0.934. The van der Waals surface area contributed by atoms with Crippen molar-refractivity contribution in [3.63, 3.8) is 0 Å². The van der Waals surface area contributed by atoms with Crippen molar-refractivity contribution in [1.82, 2.24) is 9.97 Å². The molecule has 1 spiro atoms. The molecule has 4 rings (SSSR count). The van der Waals surface area contributed by atoms with Gasteiger partial charge in [-0.1, -0.05) is 12.8 Å². The van der Waals surface area contributed by atoms with Crippen LogP contribution in [0.2, 0.25) is 0 Å². The van der Waals surface area contributed by atoms with Crippen molar-refractivity contribution in [1.29, 1.82) is 0 Å². The standard InChI is InChI=1S/C17H24F3N5/c18-17(19,20)11-8-25(9-12(11)21)14-10-4-3-7-16(5-1-2-6-16)13(10)23-15(22)24-14/h11-12H,1-9,21H2,(H2,22,23,24)/t11-,12-/m0/s1.